The molecule has 7 heteroatoms. The summed E-state index contributed by atoms with van der Waals surface area (Å²) in [6, 6.07) is 13.2. The number of esters is 1. The van der Waals surface area contributed by atoms with Gasteiger partial charge in [0, 0.05) is 11.6 Å². The molecule has 1 aromatic carbocycles. The number of benzene rings is 1. The minimum atomic E-state index is -0.638. The van der Waals surface area contributed by atoms with Crippen LogP contribution < -0.4 is 5.32 Å². The van der Waals surface area contributed by atoms with E-state index in [1.807, 2.05) is 30.3 Å². The monoisotopic (exact) mass is 441 g/mol. The van der Waals surface area contributed by atoms with Crippen LogP contribution in [0.1, 0.15) is 26.5 Å². The zero-order valence-electron chi connectivity index (χ0n) is 15.8. The van der Waals surface area contributed by atoms with Crippen LogP contribution in [0.15, 0.2) is 69.6 Å². The molecule has 0 radical (unpaired) electrons. The highest BCUT2D eigenvalue weighted by molar-refractivity contribution is 9.10. The summed E-state index contributed by atoms with van der Waals surface area (Å²) in [4.78, 5) is 21.6. The van der Waals surface area contributed by atoms with Gasteiger partial charge in [-0.25, -0.2) is 14.8 Å². The first kappa shape index (κ1) is 19.8. The number of ether oxygens (including phenoxy) is 1. The van der Waals surface area contributed by atoms with E-state index in [0.717, 1.165) is 5.56 Å². The molecule has 0 saturated carbocycles. The Morgan fingerprint density at radius 2 is 1.93 bits per heavy atom. The van der Waals surface area contributed by atoms with Gasteiger partial charge in [-0.05, 0) is 48.8 Å². The fraction of sp³-hybridized carbons (Fsp3) is 0.190. The van der Waals surface area contributed by atoms with Gasteiger partial charge in [-0.3, -0.25) is 0 Å². The van der Waals surface area contributed by atoms with Crippen LogP contribution in [-0.4, -0.2) is 21.5 Å². The van der Waals surface area contributed by atoms with Gasteiger partial charge in [0.1, 0.15) is 21.7 Å². The van der Waals surface area contributed by atoms with Crippen molar-refractivity contribution < 1.29 is 13.9 Å². The standard InChI is InChI=1S/C21H20BrN3O3/c1-21(2,3)28-20(26)16(12-15-10-7-11-27-15)25-19-18(22)24-17(13-23-19)14-8-5-4-6-9-14/h4-13H,1-3H3,(H,23,25)/b16-12-. The molecule has 0 bridgehead atoms. The maximum atomic E-state index is 12.6. The number of halogens is 1. The Hall–Kier alpha value is -2.93. The van der Waals surface area contributed by atoms with Gasteiger partial charge in [-0.1, -0.05) is 30.3 Å². The molecule has 0 unspecified atom stereocenters. The van der Waals surface area contributed by atoms with E-state index in [1.54, 1.807) is 45.2 Å². The van der Waals surface area contributed by atoms with E-state index in [1.165, 1.54) is 6.26 Å². The average Bonchev–Trinajstić information content (AvgIpc) is 3.15. The van der Waals surface area contributed by atoms with Crippen molar-refractivity contribution in [2.45, 2.75) is 26.4 Å². The first-order valence-corrected chi connectivity index (χ1v) is 9.45. The molecular weight excluding hydrogens is 422 g/mol. The molecule has 0 fully saturated rings. The zero-order valence-corrected chi connectivity index (χ0v) is 17.4. The number of rotatable bonds is 5. The smallest absolute Gasteiger partial charge is 0.355 e. The first-order chi connectivity index (χ1) is 13.3. The molecule has 6 nitrogen and oxygen atoms in total. The Bertz CT molecular complexity index is 978. The lowest BCUT2D eigenvalue weighted by atomic mass is 10.2. The van der Waals surface area contributed by atoms with Gasteiger partial charge in [-0.15, -0.1) is 0 Å². The number of nitrogens with zero attached hydrogens (tertiary/aromatic N) is 2. The van der Waals surface area contributed by atoms with Crippen LogP contribution in [0.25, 0.3) is 17.3 Å². The summed E-state index contributed by atoms with van der Waals surface area (Å²) in [6.07, 6.45) is 4.73. The van der Waals surface area contributed by atoms with Gasteiger partial charge >= 0.3 is 5.97 Å². The van der Waals surface area contributed by atoms with Crippen molar-refractivity contribution >= 4 is 33.8 Å². The SMILES string of the molecule is CC(C)(C)OC(=O)/C(=C/c1ccco1)Nc1ncc(-c2ccccc2)nc1Br. The molecule has 2 aromatic heterocycles. The summed E-state index contributed by atoms with van der Waals surface area (Å²) in [5.74, 6) is 0.381. The molecule has 0 aliphatic heterocycles. The number of aromatic nitrogens is 2. The number of carbonyl (C=O) groups is 1. The van der Waals surface area contributed by atoms with Crippen molar-refractivity contribution in [2.24, 2.45) is 0 Å². The first-order valence-electron chi connectivity index (χ1n) is 8.65. The number of hydrogen-bond acceptors (Lipinski definition) is 6. The molecule has 28 heavy (non-hydrogen) atoms. The second kappa shape index (κ2) is 8.39. The van der Waals surface area contributed by atoms with Crippen LogP contribution in [0.3, 0.4) is 0 Å². The van der Waals surface area contributed by atoms with Gasteiger partial charge in [0.05, 0.1) is 18.2 Å². The lowest BCUT2D eigenvalue weighted by molar-refractivity contribution is -0.149. The minimum absolute atomic E-state index is 0.187. The highest BCUT2D eigenvalue weighted by atomic mass is 79.9. The molecule has 0 aliphatic rings. The minimum Gasteiger partial charge on any atom is -0.465 e. The summed E-state index contributed by atoms with van der Waals surface area (Å²) >= 11 is 3.42. The van der Waals surface area contributed by atoms with E-state index < -0.39 is 11.6 Å². The van der Waals surface area contributed by atoms with Gasteiger partial charge in [0.15, 0.2) is 5.82 Å². The molecule has 0 atom stereocenters. The number of furan rings is 1. The van der Waals surface area contributed by atoms with E-state index in [2.05, 4.69) is 31.2 Å². The molecule has 0 amide bonds. The van der Waals surface area contributed by atoms with E-state index >= 15 is 0 Å². The quantitative estimate of drug-likeness (QED) is 0.427. The molecule has 0 aliphatic carbocycles. The normalized spacial score (nSPS) is 11.9. The third kappa shape index (κ3) is 5.29. The molecule has 0 spiro atoms. The van der Waals surface area contributed by atoms with E-state index in [4.69, 9.17) is 9.15 Å². The number of carbonyl (C=O) groups excluding carboxylic acids is 1. The Morgan fingerprint density at radius 3 is 2.54 bits per heavy atom. The van der Waals surface area contributed by atoms with Crippen molar-refractivity contribution in [3.8, 4) is 11.3 Å². The third-order valence-corrected chi connectivity index (χ3v) is 4.05. The fourth-order valence-electron chi connectivity index (χ4n) is 2.32. The largest absolute Gasteiger partial charge is 0.465 e. The molecule has 1 N–H and O–H groups in total. The fourth-order valence-corrected chi connectivity index (χ4v) is 2.71. The van der Waals surface area contributed by atoms with E-state index in [0.29, 0.717) is 21.9 Å². The second-order valence-corrected chi connectivity index (χ2v) is 7.71. The van der Waals surface area contributed by atoms with Gasteiger partial charge in [-0.2, -0.15) is 0 Å². The molecule has 3 rings (SSSR count). The summed E-state index contributed by atoms with van der Waals surface area (Å²) in [5.41, 5.74) is 1.21. The molecule has 2 heterocycles. The zero-order chi connectivity index (χ0) is 20.1. The van der Waals surface area contributed by atoms with Crippen LogP contribution in [0, 0.1) is 0 Å². The van der Waals surface area contributed by atoms with Crippen LogP contribution in [0.5, 0.6) is 0 Å². The maximum absolute atomic E-state index is 12.6. The van der Waals surface area contributed by atoms with Crippen LogP contribution >= 0.6 is 15.9 Å². The van der Waals surface area contributed by atoms with Crippen LogP contribution in [0.2, 0.25) is 0 Å². The number of hydrogen-bond donors (Lipinski definition) is 1. The van der Waals surface area contributed by atoms with Crippen LogP contribution in [0.4, 0.5) is 5.82 Å². The summed E-state index contributed by atoms with van der Waals surface area (Å²) in [5, 5.41) is 2.99. The topological polar surface area (TPSA) is 77.2 Å². The highest BCUT2D eigenvalue weighted by Gasteiger charge is 2.22. The van der Waals surface area contributed by atoms with Crippen molar-refractivity contribution in [2.75, 3.05) is 5.32 Å². The summed E-state index contributed by atoms with van der Waals surface area (Å²) < 4.78 is 11.3. The number of nitrogens with one attached hydrogen (secondary N) is 1. The lowest BCUT2D eigenvalue weighted by Crippen LogP contribution is -2.27. The predicted octanol–water partition coefficient (Wildman–Crippen LogP) is 5.29. The third-order valence-electron chi connectivity index (χ3n) is 3.50. The van der Waals surface area contributed by atoms with Gasteiger partial charge in [0.25, 0.3) is 0 Å². The van der Waals surface area contributed by atoms with Crippen molar-refractivity contribution in [1.82, 2.24) is 9.97 Å². The highest BCUT2D eigenvalue weighted by Crippen LogP contribution is 2.25. The second-order valence-electron chi connectivity index (χ2n) is 6.96. The van der Waals surface area contributed by atoms with Crippen molar-refractivity contribution in [1.29, 1.82) is 0 Å². The van der Waals surface area contributed by atoms with E-state index in [-0.39, 0.29) is 5.70 Å². The average molecular weight is 442 g/mol. The lowest BCUT2D eigenvalue weighted by Gasteiger charge is -2.21. The number of anilines is 1. The van der Waals surface area contributed by atoms with Gasteiger partial charge < -0.3 is 14.5 Å². The van der Waals surface area contributed by atoms with Crippen LogP contribution in [-0.2, 0) is 9.53 Å². The summed E-state index contributed by atoms with van der Waals surface area (Å²) in [7, 11) is 0. The van der Waals surface area contributed by atoms with Crippen molar-refractivity contribution in [3.05, 3.63) is 71.0 Å². The Labute approximate surface area is 171 Å². The summed E-state index contributed by atoms with van der Waals surface area (Å²) in [6.45, 7) is 5.42. The Balaban J connectivity index is 1.89. The van der Waals surface area contributed by atoms with E-state index in [9.17, 15) is 4.79 Å². The van der Waals surface area contributed by atoms with Gasteiger partial charge in [0.2, 0.25) is 0 Å². The molecule has 144 valence electrons. The molecule has 3 aromatic rings. The Morgan fingerprint density at radius 1 is 1.18 bits per heavy atom. The van der Waals surface area contributed by atoms with Crippen molar-refractivity contribution in [3.63, 3.8) is 0 Å². The predicted molar refractivity (Wildman–Crippen MR) is 111 cm³/mol. The Kier molecular flexibility index (Phi) is 5.94. The maximum Gasteiger partial charge on any atom is 0.355 e. The molecular formula is C21H20BrN3O3. The molecule has 0 saturated heterocycles.